The van der Waals surface area contributed by atoms with E-state index in [1.807, 2.05) is 0 Å². The van der Waals surface area contributed by atoms with Crippen molar-refractivity contribution in [3.05, 3.63) is 0 Å². The Morgan fingerprint density at radius 2 is 2.08 bits per heavy atom. The summed E-state index contributed by atoms with van der Waals surface area (Å²) in [6.07, 6.45) is 3.72. The Kier molecular flexibility index (Phi) is 1.87. The van der Waals surface area contributed by atoms with E-state index in [0.717, 1.165) is 32.2 Å². The molecule has 1 atom stereocenters. The summed E-state index contributed by atoms with van der Waals surface area (Å²) in [6, 6.07) is 0. The molecule has 12 heavy (non-hydrogen) atoms. The molecule has 66 valence electrons. The molecule has 3 heteroatoms. The van der Waals surface area contributed by atoms with Gasteiger partial charge in [-0.2, -0.15) is 0 Å². The Balaban J connectivity index is 1.99. The quantitative estimate of drug-likeness (QED) is 0.608. The largest absolute Gasteiger partial charge is 0.355 e. The van der Waals surface area contributed by atoms with Gasteiger partial charge in [0.1, 0.15) is 5.78 Å². The van der Waals surface area contributed by atoms with Crippen LogP contribution in [0.3, 0.4) is 0 Å². The van der Waals surface area contributed by atoms with Gasteiger partial charge in [0.15, 0.2) is 0 Å². The molecule has 3 nitrogen and oxygen atoms in total. The average Bonchev–Trinajstić information content (AvgIpc) is 2.86. The number of carbonyl (C=O) groups is 2. The first-order valence-corrected chi connectivity index (χ1v) is 4.60. The average molecular weight is 167 g/mol. The first kappa shape index (κ1) is 7.77. The van der Waals surface area contributed by atoms with Gasteiger partial charge in [-0.25, -0.2) is 0 Å². The van der Waals surface area contributed by atoms with Gasteiger partial charge in [0.05, 0.1) is 5.92 Å². The Hall–Kier alpha value is -0.860. The predicted molar refractivity (Wildman–Crippen MR) is 43.5 cm³/mol. The van der Waals surface area contributed by atoms with E-state index < -0.39 is 0 Å². The highest BCUT2D eigenvalue weighted by Gasteiger charge is 2.38. The molecular formula is C9H13NO2. The summed E-state index contributed by atoms with van der Waals surface area (Å²) in [7, 11) is 0. The minimum absolute atomic E-state index is 0.0434. The number of piperidine rings is 1. The van der Waals surface area contributed by atoms with Gasteiger partial charge in [-0.05, 0) is 25.7 Å². The van der Waals surface area contributed by atoms with E-state index >= 15 is 0 Å². The third kappa shape index (κ3) is 1.36. The number of hydrogen-bond donors (Lipinski definition) is 1. The number of nitrogens with one attached hydrogen (secondary N) is 1. The third-order valence-corrected chi connectivity index (χ3v) is 2.61. The molecule has 1 N–H and O–H groups in total. The summed E-state index contributed by atoms with van der Waals surface area (Å²) >= 11 is 0. The Morgan fingerprint density at radius 3 is 2.67 bits per heavy atom. The molecule has 1 heterocycles. The van der Waals surface area contributed by atoms with Crippen molar-refractivity contribution in [1.82, 2.24) is 5.32 Å². The lowest BCUT2D eigenvalue weighted by molar-refractivity contribution is -0.136. The number of hydrogen-bond acceptors (Lipinski definition) is 2. The number of rotatable bonds is 2. The van der Waals surface area contributed by atoms with Crippen molar-refractivity contribution in [2.45, 2.75) is 25.7 Å². The van der Waals surface area contributed by atoms with Gasteiger partial charge in [0.2, 0.25) is 5.91 Å². The Bertz CT molecular complexity index is 221. The first-order valence-electron chi connectivity index (χ1n) is 4.60. The van der Waals surface area contributed by atoms with E-state index in [-0.39, 0.29) is 23.5 Å². The SMILES string of the molecule is O=C1NCCCC1C(=O)C1CC1. The van der Waals surface area contributed by atoms with Gasteiger partial charge in [0.25, 0.3) is 0 Å². The van der Waals surface area contributed by atoms with Crippen molar-refractivity contribution >= 4 is 11.7 Å². The second-order valence-corrected chi connectivity index (χ2v) is 3.66. The highest BCUT2D eigenvalue weighted by atomic mass is 16.2. The molecule has 1 aliphatic carbocycles. The van der Waals surface area contributed by atoms with Gasteiger partial charge in [-0.3, -0.25) is 9.59 Å². The molecule has 0 spiro atoms. The maximum absolute atomic E-state index is 11.5. The third-order valence-electron chi connectivity index (χ3n) is 2.61. The van der Waals surface area contributed by atoms with E-state index in [2.05, 4.69) is 5.32 Å². The second kappa shape index (κ2) is 2.88. The minimum Gasteiger partial charge on any atom is -0.355 e. The normalized spacial score (nSPS) is 29.7. The van der Waals surface area contributed by atoms with Crippen LogP contribution in [-0.4, -0.2) is 18.2 Å². The molecule has 1 saturated heterocycles. The molecule has 0 aromatic rings. The summed E-state index contributed by atoms with van der Waals surface area (Å²) < 4.78 is 0. The van der Waals surface area contributed by atoms with Crippen LogP contribution >= 0.6 is 0 Å². The highest BCUT2D eigenvalue weighted by Crippen LogP contribution is 2.34. The topological polar surface area (TPSA) is 46.2 Å². The fraction of sp³-hybridized carbons (Fsp3) is 0.778. The number of ketones is 1. The molecule has 1 aliphatic heterocycles. The number of carbonyl (C=O) groups excluding carboxylic acids is 2. The summed E-state index contributed by atoms with van der Waals surface area (Å²) in [5.74, 6) is 0.0513. The van der Waals surface area contributed by atoms with Crippen LogP contribution in [0.1, 0.15) is 25.7 Å². The van der Waals surface area contributed by atoms with Crippen LogP contribution in [0.2, 0.25) is 0 Å². The van der Waals surface area contributed by atoms with Gasteiger partial charge in [0, 0.05) is 12.5 Å². The van der Waals surface area contributed by atoms with Gasteiger partial charge in [-0.15, -0.1) is 0 Å². The number of Topliss-reactive ketones (excluding diaryl/α,β-unsaturated/α-hetero) is 1. The van der Waals surface area contributed by atoms with Gasteiger partial charge < -0.3 is 5.32 Å². The van der Waals surface area contributed by atoms with Crippen LogP contribution < -0.4 is 5.32 Å². The van der Waals surface area contributed by atoms with E-state index in [9.17, 15) is 9.59 Å². The lowest BCUT2D eigenvalue weighted by Crippen LogP contribution is -2.40. The summed E-state index contributed by atoms with van der Waals surface area (Å²) in [5.41, 5.74) is 0. The van der Waals surface area contributed by atoms with Crippen LogP contribution in [-0.2, 0) is 9.59 Å². The van der Waals surface area contributed by atoms with E-state index in [4.69, 9.17) is 0 Å². The van der Waals surface area contributed by atoms with E-state index in [1.165, 1.54) is 0 Å². The molecular weight excluding hydrogens is 154 g/mol. The maximum Gasteiger partial charge on any atom is 0.230 e. The van der Waals surface area contributed by atoms with Crippen molar-refractivity contribution < 1.29 is 9.59 Å². The molecule has 1 saturated carbocycles. The van der Waals surface area contributed by atoms with Crippen LogP contribution in [0.5, 0.6) is 0 Å². The lowest BCUT2D eigenvalue weighted by atomic mass is 9.92. The summed E-state index contributed by atoms with van der Waals surface area (Å²) in [6.45, 7) is 0.743. The summed E-state index contributed by atoms with van der Waals surface area (Å²) in [5, 5.41) is 2.74. The maximum atomic E-state index is 11.5. The molecule has 2 rings (SSSR count). The smallest absolute Gasteiger partial charge is 0.230 e. The molecule has 1 amide bonds. The summed E-state index contributed by atoms with van der Waals surface area (Å²) in [4.78, 5) is 22.7. The van der Waals surface area contributed by atoms with Crippen LogP contribution in [0, 0.1) is 11.8 Å². The van der Waals surface area contributed by atoms with Crippen LogP contribution in [0.4, 0.5) is 0 Å². The van der Waals surface area contributed by atoms with Crippen molar-refractivity contribution in [1.29, 1.82) is 0 Å². The highest BCUT2D eigenvalue weighted by molar-refractivity contribution is 6.03. The van der Waals surface area contributed by atoms with Crippen molar-refractivity contribution in [2.24, 2.45) is 11.8 Å². The standard InChI is InChI=1S/C9H13NO2/c11-8(6-3-4-6)7-2-1-5-10-9(7)12/h6-7H,1-5H2,(H,10,12). The lowest BCUT2D eigenvalue weighted by Gasteiger charge is -2.20. The second-order valence-electron chi connectivity index (χ2n) is 3.66. The molecule has 1 unspecified atom stereocenters. The van der Waals surface area contributed by atoms with Gasteiger partial charge >= 0.3 is 0 Å². The van der Waals surface area contributed by atoms with Crippen molar-refractivity contribution in [2.75, 3.05) is 6.54 Å². The molecule has 2 aliphatic rings. The Morgan fingerprint density at radius 1 is 1.33 bits per heavy atom. The number of amides is 1. The molecule has 0 aromatic carbocycles. The molecule has 0 radical (unpaired) electrons. The zero-order valence-corrected chi connectivity index (χ0v) is 7.01. The monoisotopic (exact) mass is 167 g/mol. The van der Waals surface area contributed by atoms with Crippen LogP contribution in [0.25, 0.3) is 0 Å². The van der Waals surface area contributed by atoms with Crippen molar-refractivity contribution in [3.8, 4) is 0 Å². The predicted octanol–water partition coefficient (Wildman–Crippen LogP) is 0.492. The van der Waals surface area contributed by atoms with E-state index in [0.29, 0.717) is 0 Å². The van der Waals surface area contributed by atoms with Crippen LogP contribution in [0.15, 0.2) is 0 Å². The Labute approximate surface area is 71.5 Å². The first-order chi connectivity index (χ1) is 5.79. The van der Waals surface area contributed by atoms with Crippen molar-refractivity contribution in [3.63, 3.8) is 0 Å². The molecule has 2 fully saturated rings. The van der Waals surface area contributed by atoms with Gasteiger partial charge in [-0.1, -0.05) is 0 Å². The zero-order chi connectivity index (χ0) is 8.55. The molecule has 0 aromatic heterocycles. The minimum atomic E-state index is -0.314. The fourth-order valence-corrected chi connectivity index (χ4v) is 1.70. The fourth-order valence-electron chi connectivity index (χ4n) is 1.70. The zero-order valence-electron chi connectivity index (χ0n) is 7.01. The van der Waals surface area contributed by atoms with E-state index in [1.54, 1.807) is 0 Å². The molecule has 0 bridgehead atoms.